The van der Waals surface area contributed by atoms with Gasteiger partial charge in [0.1, 0.15) is 0 Å². The van der Waals surface area contributed by atoms with Crippen molar-refractivity contribution in [1.82, 2.24) is 10.2 Å². The van der Waals surface area contributed by atoms with E-state index in [1.807, 2.05) is 0 Å². The van der Waals surface area contributed by atoms with Gasteiger partial charge in [0.05, 0.1) is 12.1 Å². The Bertz CT molecular complexity index is 366. The van der Waals surface area contributed by atoms with E-state index in [4.69, 9.17) is 10.5 Å². The van der Waals surface area contributed by atoms with Crippen molar-refractivity contribution in [1.29, 1.82) is 0 Å². The van der Waals surface area contributed by atoms with E-state index in [0.29, 0.717) is 18.1 Å². The molecular weight excluding hydrogens is 254 g/mol. The highest BCUT2D eigenvalue weighted by Gasteiger charge is 2.46. The lowest BCUT2D eigenvalue weighted by Crippen LogP contribution is -2.61. The molecule has 2 aliphatic carbocycles. The molecule has 5 heteroatoms. The Morgan fingerprint density at radius 1 is 1.30 bits per heavy atom. The first kappa shape index (κ1) is 14.3. The minimum atomic E-state index is -0.474. The number of ether oxygens (including phenoxy) is 1. The summed E-state index contributed by atoms with van der Waals surface area (Å²) in [5.74, 6) is -0.162. The fourth-order valence-corrected chi connectivity index (χ4v) is 3.78. The van der Waals surface area contributed by atoms with Gasteiger partial charge in [-0.3, -0.25) is 9.69 Å². The summed E-state index contributed by atoms with van der Waals surface area (Å²) in [5, 5.41) is 3.55. The molecule has 3 rings (SSSR count). The van der Waals surface area contributed by atoms with Gasteiger partial charge in [-0.15, -0.1) is 0 Å². The van der Waals surface area contributed by atoms with E-state index in [0.717, 1.165) is 45.3 Å². The molecule has 1 heterocycles. The summed E-state index contributed by atoms with van der Waals surface area (Å²) in [6, 6.07) is 1.46. The Labute approximate surface area is 121 Å². The third-order valence-electron chi connectivity index (χ3n) is 5.31. The predicted molar refractivity (Wildman–Crippen MR) is 77.3 cm³/mol. The number of carbonyl (C=O) groups is 1. The number of hydrogen-bond donors (Lipinski definition) is 2. The zero-order chi connectivity index (χ0) is 14.2. The second-order valence-corrected chi connectivity index (χ2v) is 6.80. The predicted octanol–water partition coefficient (Wildman–Crippen LogP) is 0.626. The van der Waals surface area contributed by atoms with Gasteiger partial charge in [-0.05, 0) is 52.0 Å². The van der Waals surface area contributed by atoms with E-state index < -0.39 is 5.54 Å². The highest BCUT2D eigenvalue weighted by Crippen LogP contribution is 2.35. The first-order chi connectivity index (χ1) is 9.61. The topological polar surface area (TPSA) is 67.6 Å². The average Bonchev–Trinajstić information content (AvgIpc) is 3.08. The maximum Gasteiger partial charge on any atom is 0.237 e. The van der Waals surface area contributed by atoms with Gasteiger partial charge in [0, 0.05) is 24.7 Å². The van der Waals surface area contributed by atoms with Crippen molar-refractivity contribution in [3.8, 4) is 0 Å². The molecule has 5 nitrogen and oxygen atoms in total. The fourth-order valence-electron chi connectivity index (χ4n) is 3.78. The van der Waals surface area contributed by atoms with Gasteiger partial charge < -0.3 is 15.8 Å². The van der Waals surface area contributed by atoms with Crippen LogP contribution in [0.2, 0.25) is 0 Å². The van der Waals surface area contributed by atoms with Crippen molar-refractivity contribution >= 4 is 5.91 Å². The summed E-state index contributed by atoms with van der Waals surface area (Å²) >= 11 is 0. The minimum absolute atomic E-state index is 0.162. The van der Waals surface area contributed by atoms with Gasteiger partial charge >= 0.3 is 0 Å². The highest BCUT2D eigenvalue weighted by molar-refractivity contribution is 5.85. The third-order valence-corrected chi connectivity index (χ3v) is 5.31. The van der Waals surface area contributed by atoms with Crippen LogP contribution in [0.15, 0.2) is 0 Å². The molecule has 0 spiro atoms. The molecule has 3 fully saturated rings. The molecule has 0 aromatic rings. The molecule has 0 aromatic heterocycles. The van der Waals surface area contributed by atoms with Crippen LogP contribution in [-0.2, 0) is 9.53 Å². The van der Waals surface area contributed by atoms with Gasteiger partial charge in [-0.25, -0.2) is 0 Å². The number of primary amides is 1. The zero-order valence-corrected chi connectivity index (χ0v) is 12.4. The molecule has 2 saturated carbocycles. The van der Waals surface area contributed by atoms with Gasteiger partial charge in [0.2, 0.25) is 5.91 Å². The summed E-state index contributed by atoms with van der Waals surface area (Å²) in [6.45, 7) is 1.69. The van der Waals surface area contributed by atoms with Crippen molar-refractivity contribution in [2.24, 2.45) is 5.73 Å². The summed E-state index contributed by atoms with van der Waals surface area (Å²) in [7, 11) is 2.18. The molecule has 3 atom stereocenters. The molecule has 0 radical (unpaired) electrons. The number of amides is 1. The Morgan fingerprint density at radius 2 is 2.10 bits per heavy atom. The molecule has 3 N–H and O–H groups in total. The van der Waals surface area contributed by atoms with Crippen molar-refractivity contribution in [2.45, 2.75) is 68.6 Å². The van der Waals surface area contributed by atoms with Crippen LogP contribution in [0.3, 0.4) is 0 Å². The quantitative estimate of drug-likeness (QED) is 0.775. The molecule has 3 aliphatic rings. The van der Waals surface area contributed by atoms with E-state index in [1.54, 1.807) is 0 Å². The van der Waals surface area contributed by atoms with E-state index >= 15 is 0 Å². The summed E-state index contributed by atoms with van der Waals surface area (Å²) in [4.78, 5) is 14.5. The Kier molecular flexibility index (Phi) is 4.02. The van der Waals surface area contributed by atoms with E-state index in [-0.39, 0.29) is 5.91 Å². The molecule has 114 valence electrons. The van der Waals surface area contributed by atoms with Gasteiger partial charge in [0.15, 0.2) is 0 Å². The van der Waals surface area contributed by atoms with E-state index in [9.17, 15) is 4.79 Å². The lowest BCUT2D eigenvalue weighted by Gasteiger charge is -2.44. The number of hydrogen-bond acceptors (Lipinski definition) is 4. The summed E-state index contributed by atoms with van der Waals surface area (Å²) in [5.41, 5.74) is 5.28. The van der Waals surface area contributed by atoms with Crippen molar-refractivity contribution in [3.63, 3.8) is 0 Å². The van der Waals surface area contributed by atoms with Crippen LogP contribution in [0.25, 0.3) is 0 Å². The second-order valence-electron chi connectivity index (χ2n) is 6.80. The van der Waals surface area contributed by atoms with Crippen molar-refractivity contribution in [2.75, 3.05) is 20.3 Å². The number of nitrogens with one attached hydrogen (secondary N) is 1. The number of nitrogens with two attached hydrogens (primary N) is 1. The largest absolute Gasteiger partial charge is 0.380 e. The maximum atomic E-state index is 12.0. The molecule has 20 heavy (non-hydrogen) atoms. The second kappa shape index (κ2) is 5.62. The summed E-state index contributed by atoms with van der Waals surface area (Å²) in [6.07, 6.45) is 7.46. The normalized spacial score (nSPS) is 38.3. The first-order valence-corrected chi connectivity index (χ1v) is 7.98. The lowest BCUT2D eigenvalue weighted by molar-refractivity contribution is -0.127. The fraction of sp³-hybridized carbons (Fsp3) is 0.933. The Morgan fingerprint density at radius 3 is 2.70 bits per heavy atom. The van der Waals surface area contributed by atoms with E-state index in [2.05, 4.69) is 17.3 Å². The van der Waals surface area contributed by atoms with Crippen molar-refractivity contribution < 1.29 is 9.53 Å². The number of rotatable bonds is 5. The summed E-state index contributed by atoms with van der Waals surface area (Å²) < 4.78 is 5.49. The average molecular weight is 281 g/mol. The molecule has 3 unspecified atom stereocenters. The number of nitrogens with zero attached hydrogens (tertiary/aromatic N) is 1. The smallest absolute Gasteiger partial charge is 0.237 e. The highest BCUT2D eigenvalue weighted by atomic mass is 16.5. The SMILES string of the molecule is CN(C1CCOC1)C1CCCC(NC2CC2)(C(N)=O)C1. The molecule has 1 aliphatic heterocycles. The van der Waals surface area contributed by atoms with E-state index in [1.165, 1.54) is 12.8 Å². The molecule has 1 saturated heterocycles. The minimum Gasteiger partial charge on any atom is -0.380 e. The van der Waals surface area contributed by atoms with Crippen LogP contribution >= 0.6 is 0 Å². The number of carbonyl (C=O) groups excluding carboxylic acids is 1. The van der Waals surface area contributed by atoms with Gasteiger partial charge in [-0.1, -0.05) is 0 Å². The van der Waals surface area contributed by atoms with Crippen LogP contribution in [0.4, 0.5) is 0 Å². The van der Waals surface area contributed by atoms with Crippen LogP contribution in [0.5, 0.6) is 0 Å². The third kappa shape index (κ3) is 2.85. The van der Waals surface area contributed by atoms with Gasteiger partial charge in [0.25, 0.3) is 0 Å². The molecule has 1 amide bonds. The standard InChI is InChI=1S/C15H27N3O2/c1-18(13-6-8-20-10-13)12-3-2-7-15(9-12,14(16)19)17-11-4-5-11/h11-13,17H,2-10H2,1H3,(H2,16,19). The first-order valence-electron chi connectivity index (χ1n) is 7.98. The Balaban J connectivity index is 1.68. The lowest BCUT2D eigenvalue weighted by atomic mass is 9.77. The molecular formula is C15H27N3O2. The monoisotopic (exact) mass is 281 g/mol. The molecule has 0 aromatic carbocycles. The maximum absolute atomic E-state index is 12.0. The zero-order valence-electron chi connectivity index (χ0n) is 12.4. The van der Waals surface area contributed by atoms with Gasteiger partial charge in [-0.2, -0.15) is 0 Å². The van der Waals surface area contributed by atoms with Crippen LogP contribution in [0.1, 0.15) is 44.9 Å². The molecule has 0 bridgehead atoms. The van der Waals surface area contributed by atoms with Crippen molar-refractivity contribution in [3.05, 3.63) is 0 Å². The van der Waals surface area contributed by atoms with Crippen LogP contribution in [0, 0.1) is 0 Å². The number of likely N-dealkylation sites (N-methyl/N-ethyl adjacent to an activating group) is 1. The Hall–Kier alpha value is -0.650. The van der Waals surface area contributed by atoms with Crippen LogP contribution in [-0.4, -0.2) is 54.7 Å². The van der Waals surface area contributed by atoms with Crippen LogP contribution < -0.4 is 11.1 Å².